The fraction of sp³-hybridized carbons (Fsp3) is 0. The summed E-state index contributed by atoms with van der Waals surface area (Å²) in [4.78, 5) is 0.0318. The Balaban J connectivity index is 2.63. The summed E-state index contributed by atoms with van der Waals surface area (Å²) in [6.45, 7) is 0. The van der Waals surface area contributed by atoms with E-state index in [1.807, 2.05) is 0 Å². The Morgan fingerprint density at radius 3 is 2.00 bits per heavy atom. The van der Waals surface area contributed by atoms with Gasteiger partial charge in [-0.3, -0.25) is 0 Å². The van der Waals surface area contributed by atoms with Crippen LogP contribution in [-0.2, 0) is 9.84 Å². The fourth-order valence-electron chi connectivity index (χ4n) is 1.67. The molecule has 0 saturated carbocycles. The summed E-state index contributed by atoms with van der Waals surface area (Å²) in [5, 5.41) is 18.4. The van der Waals surface area contributed by atoms with Gasteiger partial charge >= 0.3 is 7.12 Å². The second kappa shape index (κ2) is 4.93. The first-order valence-electron chi connectivity index (χ1n) is 5.28. The molecule has 0 unspecified atom stereocenters. The topological polar surface area (TPSA) is 74.6 Å². The molecule has 2 N–H and O–H groups in total. The number of benzene rings is 2. The Bertz CT molecular complexity index is 638. The minimum Gasteiger partial charge on any atom is -0.423 e. The molecule has 0 aliphatic heterocycles. The van der Waals surface area contributed by atoms with E-state index in [0.717, 1.165) is 0 Å². The van der Waals surface area contributed by atoms with E-state index in [1.165, 1.54) is 24.3 Å². The standard InChI is InChI=1S/C12H11BO4S/c14-13(15)11-8-4-5-9-12(11)18(16,17)10-6-2-1-3-7-10/h1-9,14-15H. The SMILES string of the molecule is O=S(=O)(c1ccccc1)c1ccccc1B(O)O. The van der Waals surface area contributed by atoms with Crippen molar-refractivity contribution >= 4 is 22.4 Å². The van der Waals surface area contributed by atoms with E-state index >= 15 is 0 Å². The van der Waals surface area contributed by atoms with Crippen molar-refractivity contribution in [1.82, 2.24) is 0 Å². The van der Waals surface area contributed by atoms with Crippen LogP contribution in [0.2, 0.25) is 0 Å². The molecular weight excluding hydrogens is 251 g/mol. The number of sulfone groups is 1. The first kappa shape index (κ1) is 12.8. The Hall–Kier alpha value is -1.63. The van der Waals surface area contributed by atoms with Crippen molar-refractivity contribution in [1.29, 1.82) is 0 Å². The predicted molar refractivity (Wildman–Crippen MR) is 68.2 cm³/mol. The van der Waals surface area contributed by atoms with Gasteiger partial charge in [-0.1, -0.05) is 36.4 Å². The molecule has 2 rings (SSSR count). The molecule has 0 aliphatic rings. The molecule has 92 valence electrons. The van der Waals surface area contributed by atoms with Crippen molar-refractivity contribution in [2.24, 2.45) is 0 Å². The molecule has 0 aliphatic carbocycles. The van der Waals surface area contributed by atoms with Gasteiger partial charge in [-0.05, 0) is 18.2 Å². The van der Waals surface area contributed by atoms with Crippen LogP contribution in [0.5, 0.6) is 0 Å². The van der Waals surface area contributed by atoms with Crippen LogP contribution in [-0.4, -0.2) is 25.6 Å². The van der Waals surface area contributed by atoms with E-state index in [4.69, 9.17) is 0 Å². The Kier molecular flexibility index (Phi) is 3.51. The molecule has 18 heavy (non-hydrogen) atoms. The Labute approximate surface area is 106 Å². The van der Waals surface area contributed by atoms with Gasteiger partial charge in [0, 0.05) is 5.46 Å². The summed E-state index contributed by atoms with van der Waals surface area (Å²) in [5.41, 5.74) is -0.0265. The van der Waals surface area contributed by atoms with E-state index in [2.05, 4.69) is 0 Å². The maximum absolute atomic E-state index is 12.3. The van der Waals surface area contributed by atoms with Gasteiger partial charge in [-0.25, -0.2) is 8.42 Å². The minimum atomic E-state index is -3.73. The van der Waals surface area contributed by atoms with E-state index in [-0.39, 0.29) is 15.3 Å². The van der Waals surface area contributed by atoms with Gasteiger partial charge in [-0.15, -0.1) is 0 Å². The molecule has 0 heterocycles. The largest absolute Gasteiger partial charge is 0.489 e. The highest BCUT2D eigenvalue weighted by Gasteiger charge is 2.25. The highest BCUT2D eigenvalue weighted by Crippen LogP contribution is 2.18. The second-order valence-electron chi connectivity index (χ2n) is 3.73. The van der Waals surface area contributed by atoms with Gasteiger partial charge in [0.1, 0.15) is 0 Å². The lowest BCUT2D eigenvalue weighted by Crippen LogP contribution is -2.34. The number of hydrogen-bond donors (Lipinski definition) is 2. The van der Waals surface area contributed by atoms with Crippen LogP contribution in [0.4, 0.5) is 0 Å². The second-order valence-corrected chi connectivity index (χ2v) is 5.65. The van der Waals surface area contributed by atoms with Crippen LogP contribution >= 0.6 is 0 Å². The Morgan fingerprint density at radius 2 is 1.39 bits per heavy atom. The molecule has 2 aromatic carbocycles. The van der Waals surface area contributed by atoms with Crippen LogP contribution in [0.15, 0.2) is 64.4 Å². The average Bonchev–Trinajstić information content (AvgIpc) is 2.39. The maximum atomic E-state index is 12.3. The normalized spacial score (nSPS) is 11.2. The predicted octanol–water partition coefficient (Wildman–Crippen LogP) is 0.199. The molecule has 0 amide bonds. The van der Waals surface area contributed by atoms with Gasteiger partial charge < -0.3 is 10.0 Å². The van der Waals surface area contributed by atoms with E-state index in [0.29, 0.717) is 0 Å². The van der Waals surface area contributed by atoms with Gasteiger partial charge in [0.15, 0.2) is 0 Å². The molecule has 2 aromatic rings. The molecule has 0 fully saturated rings. The highest BCUT2D eigenvalue weighted by molar-refractivity contribution is 7.91. The average molecular weight is 262 g/mol. The summed E-state index contributed by atoms with van der Waals surface area (Å²) in [6.07, 6.45) is 0. The van der Waals surface area contributed by atoms with Gasteiger partial charge in [0.05, 0.1) is 9.79 Å². The summed E-state index contributed by atoms with van der Waals surface area (Å²) >= 11 is 0. The molecule has 0 spiro atoms. The number of hydrogen-bond acceptors (Lipinski definition) is 4. The van der Waals surface area contributed by atoms with Crippen molar-refractivity contribution in [2.75, 3.05) is 0 Å². The summed E-state index contributed by atoms with van der Waals surface area (Å²) in [5.74, 6) is 0. The quantitative estimate of drug-likeness (QED) is 0.775. The smallest absolute Gasteiger partial charge is 0.423 e. The molecule has 4 nitrogen and oxygen atoms in total. The van der Waals surface area contributed by atoms with Crippen molar-refractivity contribution in [3.05, 3.63) is 54.6 Å². The summed E-state index contributed by atoms with van der Waals surface area (Å²) in [6, 6.07) is 13.7. The van der Waals surface area contributed by atoms with Crippen LogP contribution in [0.25, 0.3) is 0 Å². The molecule has 0 aromatic heterocycles. The van der Waals surface area contributed by atoms with Crippen molar-refractivity contribution in [3.63, 3.8) is 0 Å². The molecule has 0 saturated heterocycles. The van der Waals surface area contributed by atoms with Gasteiger partial charge in [-0.2, -0.15) is 0 Å². The third-order valence-corrected chi connectivity index (χ3v) is 4.38. The van der Waals surface area contributed by atoms with E-state index in [1.54, 1.807) is 30.3 Å². The van der Waals surface area contributed by atoms with Crippen LogP contribution in [0, 0.1) is 0 Å². The first-order valence-corrected chi connectivity index (χ1v) is 6.77. The lowest BCUT2D eigenvalue weighted by atomic mass is 9.80. The molecule has 6 heteroatoms. The fourth-order valence-corrected chi connectivity index (χ4v) is 3.18. The molecule has 0 bridgehead atoms. The lowest BCUT2D eigenvalue weighted by Gasteiger charge is -2.09. The summed E-state index contributed by atoms with van der Waals surface area (Å²) in [7, 11) is -5.55. The third-order valence-electron chi connectivity index (χ3n) is 2.54. The zero-order chi connectivity index (χ0) is 13.2. The van der Waals surface area contributed by atoms with Crippen LogP contribution in [0.1, 0.15) is 0 Å². The zero-order valence-electron chi connectivity index (χ0n) is 9.39. The zero-order valence-corrected chi connectivity index (χ0v) is 10.2. The van der Waals surface area contributed by atoms with Gasteiger partial charge in [0.2, 0.25) is 9.84 Å². The molecular formula is C12H11BO4S. The molecule has 0 radical (unpaired) electrons. The maximum Gasteiger partial charge on any atom is 0.489 e. The Morgan fingerprint density at radius 1 is 0.833 bits per heavy atom. The van der Waals surface area contributed by atoms with Crippen molar-refractivity contribution < 1.29 is 18.5 Å². The monoisotopic (exact) mass is 262 g/mol. The highest BCUT2D eigenvalue weighted by atomic mass is 32.2. The first-order chi connectivity index (χ1) is 8.53. The molecule has 0 atom stereocenters. The van der Waals surface area contributed by atoms with Crippen LogP contribution in [0.3, 0.4) is 0 Å². The lowest BCUT2D eigenvalue weighted by molar-refractivity contribution is 0.424. The number of rotatable bonds is 3. The van der Waals surface area contributed by atoms with E-state index in [9.17, 15) is 18.5 Å². The van der Waals surface area contributed by atoms with Crippen molar-refractivity contribution in [2.45, 2.75) is 9.79 Å². The van der Waals surface area contributed by atoms with Gasteiger partial charge in [0.25, 0.3) is 0 Å². The third kappa shape index (κ3) is 2.31. The van der Waals surface area contributed by atoms with Crippen molar-refractivity contribution in [3.8, 4) is 0 Å². The minimum absolute atomic E-state index is 0.0265. The van der Waals surface area contributed by atoms with E-state index < -0.39 is 17.0 Å². The summed E-state index contributed by atoms with van der Waals surface area (Å²) < 4.78 is 24.7. The van der Waals surface area contributed by atoms with Crippen LogP contribution < -0.4 is 5.46 Å².